The minimum Gasteiger partial charge on any atom is -0.492 e. The molecule has 0 atom stereocenters. The molecule has 0 aliphatic carbocycles. The average Bonchev–Trinajstić information content (AvgIpc) is 3.64. The molecule has 1 amide bonds. The van der Waals surface area contributed by atoms with Crippen molar-refractivity contribution in [1.82, 2.24) is 15.5 Å². The molecule has 4 aromatic rings. The molecular weight excluding hydrogens is 779 g/mol. The molecule has 2 aromatic carbocycles. The first-order valence-corrected chi connectivity index (χ1v) is 18.0. The molecule has 20 heteroatoms. The molecule has 3 aliphatic heterocycles. The zero-order valence-corrected chi connectivity index (χ0v) is 32.2. The fourth-order valence-corrected chi connectivity index (χ4v) is 5.72. The predicted octanol–water partition coefficient (Wildman–Crippen LogP) is 5.81. The zero-order chi connectivity index (χ0) is 41.2. The highest BCUT2D eigenvalue weighted by Gasteiger charge is 2.29. The van der Waals surface area contributed by atoms with E-state index < -0.39 is 35.9 Å². The molecule has 0 radical (unpaired) electrons. The summed E-state index contributed by atoms with van der Waals surface area (Å²) in [5.74, 6) is -0.621. The number of carbonyl (C=O) groups excluding carboxylic acids is 1. The number of benzene rings is 2. The van der Waals surface area contributed by atoms with E-state index in [1.165, 1.54) is 6.92 Å². The van der Waals surface area contributed by atoms with Crippen LogP contribution in [0.15, 0.2) is 84.7 Å². The van der Waals surface area contributed by atoms with Gasteiger partial charge in [-0.05, 0) is 67.6 Å². The Labute approximate surface area is 328 Å². The van der Waals surface area contributed by atoms with Crippen LogP contribution in [-0.2, 0) is 24.4 Å². The predicted molar refractivity (Wildman–Crippen MR) is 203 cm³/mol. The van der Waals surface area contributed by atoms with Crippen molar-refractivity contribution < 1.29 is 45.1 Å². The second kappa shape index (κ2) is 18.9. The minimum absolute atomic E-state index is 0.0338. The number of hydrogen-bond acceptors (Lipinski definition) is 13. The molecule has 3 aliphatic rings. The van der Waals surface area contributed by atoms with Gasteiger partial charge in [-0.2, -0.15) is 23.2 Å². The van der Waals surface area contributed by atoms with Gasteiger partial charge >= 0.3 is 23.8 Å². The number of hydrogen-bond donors (Lipinski definition) is 3. The molecule has 3 N–H and O–H groups in total. The van der Waals surface area contributed by atoms with E-state index >= 15 is 0 Å². The third-order valence-electron chi connectivity index (χ3n) is 8.20. The maximum Gasteiger partial charge on any atom is 0.519 e. The molecule has 7 rings (SSSR count). The molecule has 0 saturated carbocycles. The summed E-state index contributed by atoms with van der Waals surface area (Å²) in [5, 5.41) is 8.89. The number of aliphatic imine (C=N–C) groups is 3. The molecule has 0 spiro atoms. The lowest BCUT2D eigenvalue weighted by Gasteiger charge is -2.32. The monoisotopic (exact) mass is 819 g/mol. The molecule has 5 heterocycles. The van der Waals surface area contributed by atoms with Crippen molar-refractivity contribution in [2.75, 3.05) is 38.2 Å². The van der Waals surface area contributed by atoms with Crippen LogP contribution in [-0.4, -0.2) is 68.2 Å². The molecule has 2 aromatic heterocycles. The van der Waals surface area contributed by atoms with E-state index in [1.807, 2.05) is 13.8 Å². The van der Waals surface area contributed by atoms with Crippen LogP contribution >= 0.6 is 11.6 Å². The van der Waals surface area contributed by atoms with Gasteiger partial charge in [-0.1, -0.05) is 31.5 Å². The van der Waals surface area contributed by atoms with Crippen molar-refractivity contribution in [3.8, 4) is 5.75 Å². The fraction of sp³-hybridized carbons (Fsp3) is 0.405. The minimum atomic E-state index is -4.71. The average molecular weight is 820 g/mol. The topological polar surface area (TPSA) is 199 Å². The Hall–Kier alpha value is -5.82. The summed E-state index contributed by atoms with van der Waals surface area (Å²) in [4.78, 5) is 50.9. The number of carbonyl (C=O) groups is 1. The number of fused-ring (bicyclic) bond motifs is 2. The summed E-state index contributed by atoms with van der Waals surface area (Å²) in [6, 6.07) is 10.6. The Balaban J connectivity index is 1.41. The van der Waals surface area contributed by atoms with Crippen molar-refractivity contribution in [2.45, 2.75) is 59.9 Å². The number of ether oxygens (including phenoxy) is 2. The van der Waals surface area contributed by atoms with Crippen LogP contribution in [0, 0.1) is 19.3 Å². The quantitative estimate of drug-likeness (QED) is 0.156. The van der Waals surface area contributed by atoms with Crippen molar-refractivity contribution in [3.63, 3.8) is 0 Å². The van der Waals surface area contributed by atoms with Gasteiger partial charge in [0.1, 0.15) is 17.3 Å². The van der Waals surface area contributed by atoms with Crippen LogP contribution in [0.25, 0.3) is 0 Å². The Morgan fingerprint density at radius 2 is 1.74 bits per heavy atom. The van der Waals surface area contributed by atoms with Gasteiger partial charge in [-0.25, -0.2) is 14.6 Å². The van der Waals surface area contributed by atoms with E-state index in [0.29, 0.717) is 78.3 Å². The van der Waals surface area contributed by atoms with E-state index in [0.717, 1.165) is 6.34 Å². The summed E-state index contributed by atoms with van der Waals surface area (Å²) in [6.07, 6.45) is -3.13. The van der Waals surface area contributed by atoms with Crippen molar-refractivity contribution in [1.29, 1.82) is 0 Å². The number of anilines is 1. The van der Waals surface area contributed by atoms with Gasteiger partial charge in [-0.15, -0.1) is 0 Å². The number of nitrogens with one attached hydrogen (secondary N) is 3. The SMILES string of the molecule is Cc1oc(=O)oc1CN/C=N/C(=N\C1=N/Cc2ccc(c(Cl)c2)OCCCN(Cc2oc(=O)oc2C)CC(C)(C)CNC(=O)c2ccc(cc2)N1)OCC(F)(F)F. The lowest BCUT2D eigenvalue weighted by molar-refractivity contribution is -0.156. The van der Waals surface area contributed by atoms with E-state index in [1.54, 1.807) is 49.4 Å². The number of halogens is 4. The van der Waals surface area contributed by atoms with Crippen LogP contribution in [0.4, 0.5) is 18.9 Å². The van der Waals surface area contributed by atoms with Gasteiger partial charge in [-0.3, -0.25) is 9.69 Å². The Morgan fingerprint density at radius 3 is 2.39 bits per heavy atom. The molecule has 16 nitrogen and oxygen atoms in total. The third kappa shape index (κ3) is 13.4. The Kier molecular flexibility index (Phi) is 14.0. The first-order chi connectivity index (χ1) is 27.0. The normalized spacial score (nSPS) is 17.2. The molecule has 306 valence electrons. The van der Waals surface area contributed by atoms with Gasteiger partial charge in [0.2, 0.25) is 5.96 Å². The summed E-state index contributed by atoms with van der Waals surface area (Å²) < 4.78 is 70.5. The van der Waals surface area contributed by atoms with Crippen molar-refractivity contribution in [2.24, 2.45) is 20.4 Å². The zero-order valence-electron chi connectivity index (χ0n) is 31.5. The molecule has 57 heavy (non-hydrogen) atoms. The third-order valence-corrected chi connectivity index (χ3v) is 8.50. The summed E-state index contributed by atoms with van der Waals surface area (Å²) >= 11 is 6.58. The number of amides is 1. The van der Waals surface area contributed by atoms with Crippen LogP contribution in [0.3, 0.4) is 0 Å². The number of amidine groups is 1. The number of alkyl halides is 3. The Morgan fingerprint density at radius 1 is 1.04 bits per heavy atom. The molecule has 4 bridgehead atoms. The van der Waals surface area contributed by atoms with E-state index in [-0.39, 0.29) is 36.5 Å². The van der Waals surface area contributed by atoms with Crippen LogP contribution < -0.4 is 32.3 Å². The summed E-state index contributed by atoms with van der Waals surface area (Å²) in [5.41, 5.74) is 0.903. The molecule has 0 saturated heterocycles. The number of guanidine groups is 1. The van der Waals surface area contributed by atoms with Crippen LogP contribution in [0.1, 0.15) is 59.2 Å². The van der Waals surface area contributed by atoms with Gasteiger partial charge < -0.3 is 43.1 Å². The van der Waals surface area contributed by atoms with Gasteiger partial charge in [0.05, 0.1) is 37.6 Å². The standard InChI is InChI=1S/C37H41ClF3N7O9/c1-22-29(56-34(50)54-22)16-42-21-45-33(53-20-37(39,40)41)47-32-43-15-24-6-11-28(27(38)14-24)52-13-5-12-48(17-30-23(2)55-35(51)57-30)19-36(3,4)18-44-31(49)25-7-9-26(46-32)10-8-25/h6-11,14,21H,5,12-13,15-20H2,1-4H3,(H,44,49)(H2,42,43,45,46,47). The van der Waals surface area contributed by atoms with Gasteiger partial charge in [0.25, 0.3) is 5.91 Å². The summed E-state index contributed by atoms with van der Waals surface area (Å²) in [7, 11) is 0. The molecular formula is C37H41ClF3N7O9. The maximum atomic E-state index is 13.2. The lowest BCUT2D eigenvalue weighted by Crippen LogP contribution is -2.42. The molecule has 0 fully saturated rings. The lowest BCUT2D eigenvalue weighted by atomic mass is 9.92. The number of nitrogens with zero attached hydrogens (tertiary/aromatic N) is 4. The second-order valence-corrected chi connectivity index (χ2v) is 14.1. The maximum absolute atomic E-state index is 13.2. The van der Waals surface area contributed by atoms with Crippen LogP contribution in [0.5, 0.6) is 5.75 Å². The highest BCUT2D eigenvalue weighted by molar-refractivity contribution is 6.32. The van der Waals surface area contributed by atoms with E-state index in [2.05, 4.69) is 35.8 Å². The molecule has 0 unspecified atom stereocenters. The number of aryl methyl sites for hydroxylation is 2. The van der Waals surface area contributed by atoms with Crippen molar-refractivity contribution >= 4 is 41.5 Å². The smallest absolute Gasteiger partial charge is 0.492 e. The largest absolute Gasteiger partial charge is 0.519 e. The summed E-state index contributed by atoms with van der Waals surface area (Å²) in [6.45, 7) is 7.30. The highest BCUT2D eigenvalue weighted by atomic mass is 35.5. The first-order valence-electron chi connectivity index (χ1n) is 17.6. The van der Waals surface area contributed by atoms with Gasteiger partial charge in [0.15, 0.2) is 18.1 Å². The van der Waals surface area contributed by atoms with E-state index in [4.69, 9.17) is 38.7 Å². The van der Waals surface area contributed by atoms with Crippen LogP contribution in [0.2, 0.25) is 5.02 Å². The van der Waals surface area contributed by atoms with Crippen molar-refractivity contribution in [3.05, 3.63) is 103 Å². The fourth-order valence-electron chi connectivity index (χ4n) is 5.46. The number of rotatable bonds is 6. The first kappa shape index (κ1) is 42.3. The second-order valence-electron chi connectivity index (χ2n) is 13.7. The van der Waals surface area contributed by atoms with Gasteiger partial charge in [0, 0.05) is 30.9 Å². The highest BCUT2D eigenvalue weighted by Crippen LogP contribution is 2.27. The van der Waals surface area contributed by atoms with E-state index in [9.17, 15) is 27.6 Å². The Bertz CT molecular complexity index is 2210.